The zero-order valence-electron chi connectivity index (χ0n) is 14.7. The van der Waals surface area contributed by atoms with Crippen LogP contribution in [0.3, 0.4) is 0 Å². The van der Waals surface area contributed by atoms with E-state index in [0.717, 1.165) is 12.8 Å². The molecule has 124 valence electrons. The highest BCUT2D eigenvalue weighted by atomic mass is 14.2. The van der Waals surface area contributed by atoms with Crippen LogP contribution in [0, 0.1) is 0 Å². The lowest BCUT2D eigenvalue weighted by Crippen LogP contribution is -2.31. The van der Waals surface area contributed by atoms with Crippen LogP contribution >= 0.6 is 0 Å². The highest BCUT2D eigenvalue weighted by Crippen LogP contribution is 2.31. The lowest BCUT2D eigenvalue weighted by molar-refractivity contribution is 1.12. The predicted octanol–water partition coefficient (Wildman–Crippen LogP) is 5.53. The summed E-state index contributed by atoms with van der Waals surface area (Å²) >= 11 is 0. The Bertz CT molecular complexity index is 1100. The molecule has 0 amide bonds. The molecular formula is C26H20. The van der Waals surface area contributed by atoms with E-state index in [-0.39, 0.29) is 0 Å². The molecule has 0 saturated carbocycles. The summed E-state index contributed by atoms with van der Waals surface area (Å²) in [5.41, 5.74) is 5.33. The first-order valence-electron chi connectivity index (χ1n) is 9.29. The third kappa shape index (κ3) is 2.38. The van der Waals surface area contributed by atoms with Crippen molar-refractivity contribution in [1.82, 2.24) is 0 Å². The summed E-state index contributed by atoms with van der Waals surface area (Å²) in [5.74, 6) is 0. The monoisotopic (exact) mass is 332 g/mol. The third-order valence-electron chi connectivity index (χ3n) is 5.28. The first-order valence-corrected chi connectivity index (χ1v) is 9.29. The molecule has 0 unspecified atom stereocenters. The van der Waals surface area contributed by atoms with E-state index in [1.54, 1.807) is 0 Å². The molecular weight excluding hydrogens is 312 g/mol. The molecule has 0 heteroatoms. The van der Waals surface area contributed by atoms with E-state index in [4.69, 9.17) is 0 Å². The molecule has 0 bridgehead atoms. The van der Waals surface area contributed by atoms with Gasteiger partial charge >= 0.3 is 0 Å². The fourth-order valence-corrected chi connectivity index (χ4v) is 4.19. The smallest absolute Gasteiger partial charge is 0.00297 e. The first-order chi connectivity index (χ1) is 12.9. The molecule has 0 aliphatic heterocycles. The van der Waals surface area contributed by atoms with Crippen molar-refractivity contribution in [1.29, 1.82) is 0 Å². The Morgan fingerprint density at radius 1 is 0.423 bits per heavy atom. The Labute approximate surface area is 153 Å². The summed E-state index contributed by atoms with van der Waals surface area (Å²) in [5, 5.41) is 5.45. The van der Waals surface area contributed by atoms with Gasteiger partial charge in [-0.25, -0.2) is 0 Å². The minimum Gasteiger partial charge on any atom is -0.0757 e. The molecule has 0 spiro atoms. The second-order valence-corrected chi connectivity index (χ2v) is 6.84. The van der Waals surface area contributed by atoms with E-state index < -0.39 is 0 Å². The van der Waals surface area contributed by atoms with Gasteiger partial charge in [-0.3, -0.25) is 0 Å². The highest BCUT2D eigenvalue weighted by molar-refractivity contribution is 6.05. The van der Waals surface area contributed by atoms with E-state index in [9.17, 15) is 0 Å². The van der Waals surface area contributed by atoms with Crippen molar-refractivity contribution >= 4 is 22.9 Å². The van der Waals surface area contributed by atoms with Crippen LogP contribution < -0.4 is 10.4 Å². The van der Waals surface area contributed by atoms with Crippen molar-refractivity contribution in [2.45, 2.75) is 12.8 Å². The fourth-order valence-electron chi connectivity index (χ4n) is 4.19. The molecule has 4 aromatic carbocycles. The molecule has 1 aliphatic rings. The topological polar surface area (TPSA) is 0 Å². The minimum atomic E-state index is 1.11. The normalized spacial score (nSPS) is 12.9. The Morgan fingerprint density at radius 2 is 0.808 bits per heavy atom. The van der Waals surface area contributed by atoms with Crippen molar-refractivity contribution in [3.05, 3.63) is 95.4 Å². The van der Waals surface area contributed by atoms with Gasteiger partial charge in [-0.2, -0.15) is 0 Å². The quantitative estimate of drug-likeness (QED) is 0.453. The molecule has 5 rings (SSSR count). The van der Waals surface area contributed by atoms with Crippen molar-refractivity contribution < 1.29 is 0 Å². The predicted molar refractivity (Wildman–Crippen MR) is 112 cm³/mol. The van der Waals surface area contributed by atoms with Gasteiger partial charge in [0.1, 0.15) is 0 Å². The Morgan fingerprint density at radius 3 is 1.23 bits per heavy atom. The summed E-state index contributed by atoms with van der Waals surface area (Å²) in [7, 11) is 0. The van der Waals surface area contributed by atoms with Gasteiger partial charge in [0.15, 0.2) is 0 Å². The van der Waals surface area contributed by atoms with Gasteiger partial charge in [-0.1, -0.05) is 97.1 Å². The molecule has 1 aliphatic carbocycles. The van der Waals surface area contributed by atoms with Crippen molar-refractivity contribution in [2.24, 2.45) is 0 Å². The first kappa shape index (κ1) is 15.2. The maximum absolute atomic E-state index is 2.43. The third-order valence-corrected chi connectivity index (χ3v) is 5.28. The van der Waals surface area contributed by atoms with Crippen molar-refractivity contribution in [2.75, 3.05) is 0 Å². The van der Waals surface area contributed by atoms with Gasteiger partial charge in [-0.15, -0.1) is 0 Å². The van der Waals surface area contributed by atoms with E-state index in [1.807, 2.05) is 0 Å². The maximum atomic E-state index is 2.43. The van der Waals surface area contributed by atoms with Crippen molar-refractivity contribution in [3.63, 3.8) is 0 Å². The van der Waals surface area contributed by atoms with E-state index in [1.165, 1.54) is 43.5 Å². The Balaban J connectivity index is 2.02. The zero-order valence-corrected chi connectivity index (χ0v) is 14.7. The number of benzene rings is 4. The SMILES string of the molecule is C1=c2c(-c3ccccc3)c3ccccc3c(-c3ccccc3)c2=CCC1. The van der Waals surface area contributed by atoms with Gasteiger partial charge in [0, 0.05) is 0 Å². The lowest BCUT2D eigenvalue weighted by atomic mass is 9.86. The van der Waals surface area contributed by atoms with Crippen LogP contribution in [0.5, 0.6) is 0 Å². The highest BCUT2D eigenvalue weighted by Gasteiger charge is 2.15. The molecule has 0 nitrogen and oxygen atoms in total. The largest absolute Gasteiger partial charge is 0.0757 e. The second kappa shape index (κ2) is 6.31. The van der Waals surface area contributed by atoms with Gasteiger partial charge in [0.2, 0.25) is 0 Å². The van der Waals surface area contributed by atoms with E-state index in [0.29, 0.717) is 0 Å². The minimum absolute atomic E-state index is 1.11. The molecule has 0 radical (unpaired) electrons. The average Bonchev–Trinajstić information content (AvgIpc) is 2.73. The standard InChI is InChI=1S/C26H20/c1-3-11-19(12-4-1)25-21-15-7-9-17-23(21)26(20-13-5-2-6-14-20)24-18-10-8-16-22(24)25/h1-7,9,11-18H,8,10H2. The molecule has 0 aromatic heterocycles. The fraction of sp³-hybridized carbons (Fsp3) is 0.0769. The summed E-state index contributed by atoms with van der Waals surface area (Å²) in [6.07, 6.45) is 7.08. The summed E-state index contributed by atoms with van der Waals surface area (Å²) in [6.45, 7) is 0. The van der Waals surface area contributed by atoms with Crippen LogP contribution in [0.25, 0.3) is 45.2 Å². The van der Waals surface area contributed by atoms with Crippen molar-refractivity contribution in [3.8, 4) is 22.3 Å². The molecule has 0 N–H and O–H groups in total. The Hall–Kier alpha value is -3.12. The van der Waals surface area contributed by atoms with Gasteiger partial charge in [0.25, 0.3) is 0 Å². The van der Waals surface area contributed by atoms with Crippen LogP contribution in [0.1, 0.15) is 12.8 Å². The molecule has 26 heavy (non-hydrogen) atoms. The molecule has 0 fully saturated rings. The van der Waals surface area contributed by atoms with Crippen LogP contribution in [0.2, 0.25) is 0 Å². The van der Waals surface area contributed by atoms with Crippen LogP contribution in [0.15, 0.2) is 84.9 Å². The van der Waals surface area contributed by atoms with E-state index >= 15 is 0 Å². The Kier molecular flexibility index (Phi) is 3.68. The molecule has 4 aromatic rings. The summed E-state index contributed by atoms with van der Waals surface area (Å²) in [4.78, 5) is 0. The number of fused-ring (bicyclic) bond motifs is 2. The van der Waals surface area contributed by atoms with Gasteiger partial charge in [0.05, 0.1) is 0 Å². The van der Waals surface area contributed by atoms with Crippen LogP contribution in [-0.2, 0) is 0 Å². The zero-order chi connectivity index (χ0) is 17.3. The van der Waals surface area contributed by atoms with Crippen LogP contribution in [-0.4, -0.2) is 0 Å². The maximum Gasteiger partial charge on any atom is -0.00297 e. The number of hydrogen-bond acceptors (Lipinski definition) is 0. The molecule has 0 heterocycles. The second-order valence-electron chi connectivity index (χ2n) is 6.84. The van der Waals surface area contributed by atoms with Crippen LogP contribution in [0.4, 0.5) is 0 Å². The summed E-state index contributed by atoms with van der Waals surface area (Å²) in [6, 6.07) is 30.5. The molecule has 0 saturated heterocycles. The van der Waals surface area contributed by atoms with E-state index in [2.05, 4.69) is 97.1 Å². The molecule has 0 atom stereocenters. The van der Waals surface area contributed by atoms with Gasteiger partial charge < -0.3 is 0 Å². The summed E-state index contributed by atoms with van der Waals surface area (Å²) < 4.78 is 0. The lowest BCUT2D eigenvalue weighted by Gasteiger charge is -2.17. The number of hydrogen-bond donors (Lipinski definition) is 0. The van der Waals surface area contributed by atoms with Gasteiger partial charge in [-0.05, 0) is 56.3 Å². The average molecular weight is 332 g/mol. The number of rotatable bonds is 2.